The molecule has 1 aromatic carbocycles. The van der Waals surface area contributed by atoms with E-state index in [1.54, 1.807) is 6.20 Å². The summed E-state index contributed by atoms with van der Waals surface area (Å²) in [5.41, 5.74) is 3.51. The van der Waals surface area contributed by atoms with E-state index in [9.17, 15) is 5.21 Å². The van der Waals surface area contributed by atoms with E-state index in [1.807, 2.05) is 42.5 Å². The third-order valence-electron chi connectivity index (χ3n) is 4.43. The molecule has 0 bridgehead atoms. The molecule has 0 amide bonds. The molecule has 0 fully saturated rings. The summed E-state index contributed by atoms with van der Waals surface area (Å²) in [4.78, 5) is 4.78. The van der Waals surface area contributed by atoms with Gasteiger partial charge in [-0.05, 0) is 24.5 Å². The Morgan fingerprint density at radius 1 is 1.04 bits per heavy atom. The zero-order chi connectivity index (χ0) is 16.8. The summed E-state index contributed by atoms with van der Waals surface area (Å²) in [6.07, 6.45) is 7.53. The average molecular weight is 310 g/mol. The molecule has 0 saturated carbocycles. The van der Waals surface area contributed by atoms with Gasteiger partial charge in [-0.3, -0.25) is 0 Å². The predicted octanol–water partition coefficient (Wildman–Crippen LogP) is 4.91. The first kappa shape index (κ1) is 17.2. The SMILES string of the molecule is CCC(C)c1c[n+]([O-])c(C(C)CC)c(/C=C/c2ccccc2)n1. The molecule has 1 heterocycles. The molecule has 0 aliphatic carbocycles. The number of hydrogen-bond donors (Lipinski definition) is 0. The van der Waals surface area contributed by atoms with Crippen molar-refractivity contribution in [2.24, 2.45) is 0 Å². The van der Waals surface area contributed by atoms with Crippen LogP contribution in [0.2, 0.25) is 0 Å². The Balaban J connectivity index is 2.48. The highest BCUT2D eigenvalue weighted by molar-refractivity contribution is 5.68. The minimum absolute atomic E-state index is 0.182. The molecule has 0 radical (unpaired) electrons. The van der Waals surface area contributed by atoms with Crippen molar-refractivity contribution >= 4 is 12.2 Å². The Morgan fingerprint density at radius 2 is 1.70 bits per heavy atom. The summed E-state index contributed by atoms with van der Waals surface area (Å²) in [7, 11) is 0. The Labute approximate surface area is 139 Å². The van der Waals surface area contributed by atoms with Crippen molar-refractivity contribution in [3.05, 3.63) is 64.4 Å². The van der Waals surface area contributed by atoms with Crippen molar-refractivity contribution in [3.63, 3.8) is 0 Å². The first-order valence-electron chi connectivity index (χ1n) is 8.43. The van der Waals surface area contributed by atoms with Gasteiger partial charge in [0.05, 0.1) is 0 Å². The van der Waals surface area contributed by atoms with Gasteiger partial charge in [0.1, 0.15) is 11.4 Å². The summed E-state index contributed by atoms with van der Waals surface area (Å²) in [6, 6.07) is 10.1. The van der Waals surface area contributed by atoms with Crippen LogP contribution >= 0.6 is 0 Å². The van der Waals surface area contributed by atoms with Crippen LogP contribution in [0.1, 0.15) is 75.0 Å². The fraction of sp³-hybridized carbons (Fsp3) is 0.400. The Morgan fingerprint density at radius 3 is 2.30 bits per heavy atom. The van der Waals surface area contributed by atoms with Gasteiger partial charge < -0.3 is 5.21 Å². The van der Waals surface area contributed by atoms with Crippen molar-refractivity contribution < 1.29 is 4.73 Å². The molecule has 3 heteroatoms. The van der Waals surface area contributed by atoms with Crippen molar-refractivity contribution in [2.45, 2.75) is 52.4 Å². The molecular formula is C20H26N2O. The summed E-state index contributed by atoms with van der Waals surface area (Å²) in [5, 5.41) is 12.5. The molecule has 2 unspecified atom stereocenters. The van der Waals surface area contributed by atoms with E-state index in [2.05, 4.69) is 27.7 Å². The minimum Gasteiger partial charge on any atom is -0.618 e. The maximum Gasteiger partial charge on any atom is 0.221 e. The van der Waals surface area contributed by atoms with Gasteiger partial charge in [0.15, 0.2) is 0 Å². The molecule has 0 aliphatic heterocycles. The van der Waals surface area contributed by atoms with E-state index in [1.165, 1.54) is 0 Å². The van der Waals surface area contributed by atoms with E-state index in [0.29, 0.717) is 0 Å². The molecule has 2 rings (SSSR count). The number of nitrogens with zero attached hydrogens (tertiary/aromatic N) is 2. The topological polar surface area (TPSA) is 39.8 Å². The van der Waals surface area contributed by atoms with Crippen molar-refractivity contribution in [1.82, 2.24) is 4.98 Å². The zero-order valence-corrected chi connectivity index (χ0v) is 14.5. The van der Waals surface area contributed by atoms with Crippen molar-refractivity contribution in [3.8, 4) is 0 Å². The van der Waals surface area contributed by atoms with Crippen LogP contribution in [0, 0.1) is 5.21 Å². The van der Waals surface area contributed by atoms with Crippen LogP contribution in [0.3, 0.4) is 0 Å². The molecule has 23 heavy (non-hydrogen) atoms. The van der Waals surface area contributed by atoms with Crippen LogP contribution in [0.5, 0.6) is 0 Å². The Kier molecular flexibility index (Phi) is 5.91. The number of benzene rings is 1. The fourth-order valence-corrected chi connectivity index (χ4v) is 2.50. The minimum atomic E-state index is 0.182. The monoisotopic (exact) mass is 310 g/mol. The third-order valence-corrected chi connectivity index (χ3v) is 4.43. The lowest BCUT2D eigenvalue weighted by atomic mass is 10.00. The van der Waals surface area contributed by atoms with Crippen LogP contribution in [0.25, 0.3) is 12.2 Å². The van der Waals surface area contributed by atoms with E-state index in [0.717, 1.165) is 40.2 Å². The van der Waals surface area contributed by atoms with E-state index >= 15 is 0 Å². The summed E-state index contributed by atoms with van der Waals surface area (Å²) < 4.78 is 1.02. The van der Waals surface area contributed by atoms with E-state index in [-0.39, 0.29) is 11.8 Å². The fourth-order valence-electron chi connectivity index (χ4n) is 2.50. The molecular weight excluding hydrogens is 284 g/mol. The van der Waals surface area contributed by atoms with Crippen LogP contribution in [-0.2, 0) is 0 Å². The first-order valence-corrected chi connectivity index (χ1v) is 8.43. The third kappa shape index (κ3) is 4.19. The molecule has 2 aromatic rings. The van der Waals surface area contributed by atoms with Crippen LogP contribution in [-0.4, -0.2) is 4.98 Å². The highest BCUT2D eigenvalue weighted by Gasteiger charge is 2.22. The lowest BCUT2D eigenvalue weighted by Crippen LogP contribution is -2.35. The van der Waals surface area contributed by atoms with Gasteiger partial charge in [0, 0.05) is 11.8 Å². The summed E-state index contributed by atoms with van der Waals surface area (Å²) in [5.74, 6) is 0.464. The molecule has 0 saturated heterocycles. The second kappa shape index (κ2) is 7.91. The summed E-state index contributed by atoms with van der Waals surface area (Å²) in [6.45, 7) is 8.39. The Bertz CT molecular complexity index is 665. The number of rotatable bonds is 6. The molecule has 0 N–H and O–H groups in total. The second-order valence-corrected chi connectivity index (χ2v) is 6.12. The molecule has 0 spiro atoms. The molecule has 122 valence electrons. The van der Waals surface area contributed by atoms with Crippen LogP contribution in [0.15, 0.2) is 36.5 Å². The highest BCUT2D eigenvalue weighted by atomic mass is 16.5. The normalized spacial score (nSPS) is 14.1. The second-order valence-electron chi connectivity index (χ2n) is 6.12. The van der Waals surface area contributed by atoms with Gasteiger partial charge >= 0.3 is 0 Å². The summed E-state index contributed by atoms with van der Waals surface area (Å²) >= 11 is 0. The smallest absolute Gasteiger partial charge is 0.221 e. The largest absolute Gasteiger partial charge is 0.618 e. The Hall–Kier alpha value is -2.16. The maximum absolute atomic E-state index is 12.5. The number of hydrogen-bond acceptors (Lipinski definition) is 2. The maximum atomic E-state index is 12.5. The standard InChI is InChI=1S/C20H26N2O/c1-5-15(3)19-14-22(23)20(16(4)6-2)18(21-19)13-12-17-10-8-7-9-11-17/h7-16H,5-6H2,1-4H3/b13-12+. The van der Waals surface area contributed by atoms with Crippen molar-refractivity contribution in [1.29, 1.82) is 0 Å². The molecule has 0 aliphatic rings. The van der Waals surface area contributed by atoms with Gasteiger partial charge in [-0.25, -0.2) is 4.98 Å². The zero-order valence-electron chi connectivity index (χ0n) is 14.5. The quantitative estimate of drug-likeness (QED) is 0.561. The van der Waals surface area contributed by atoms with Gasteiger partial charge in [-0.15, -0.1) is 0 Å². The van der Waals surface area contributed by atoms with Crippen LogP contribution < -0.4 is 4.73 Å². The van der Waals surface area contributed by atoms with Gasteiger partial charge in [0.25, 0.3) is 0 Å². The van der Waals surface area contributed by atoms with Gasteiger partial charge in [-0.2, -0.15) is 4.73 Å². The van der Waals surface area contributed by atoms with Gasteiger partial charge in [0.2, 0.25) is 11.9 Å². The highest BCUT2D eigenvalue weighted by Crippen LogP contribution is 2.23. The first-order chi connectivity index (χ1) is 11.1. The number of aromatic nitrogens is 2. The average Bonchev–Trinajstić information content (AvgIpc) is 2.59. The van der Waals surface area contributed by atoms with E-state index in [4.69, 9.17) is 4.98 Å². The molecule has 3 nitrogen and oxygen atoms in total. The van der Waals surface area contributed by atoms with Crippen LogP contribution in [0.4, 0.5) is 0 Å². The molecule has 1 aromatic heterocycles. The lowest BCUT2D eigenvalue weighted by molar-refractivity contribution is -0.616. The van der Waals surface area contributed by atoms with E-state index < -0.39 is 0 Å². The van der Waals surface area contributed by atoms with Crippen molar-refractivity contribution in [2.75, 3.05) is 0 Å². The van der Waals surface area contributed by atoms with Gasteiger partial charge in [-0.1, -0.05) is 64.1 Å². The molecule has 2 atom stereocenters. The lowest BCUT2D eigenvalue weighted by Gasteiger charge is -2.15. The predicted molar refractivity (Wildman–Crippen MR) is 96.0 cm³/mol.